The fraction of sp³-hybridized carbons (Fsp3) is 0.400. The summed E-state index contributed by atoms with van der Waals surface area (Å²) in [6, 6.07) is 2.26. The number of hydrogen-bond acceptors (Lipinski definition) is 2. The average Bonchev–Trinajstić information content (AvgIpc) is 2.16. The van der Waals surface area contributed by atoms with E-state index in [9.17, 15) is 18.0 Å². The van der Waals surface area contributed by atoms with Gasteiger partial charge in [-0.1, -0.05) is 6.92 Å². The maximum atomic E-state index is 12.3. The van der Waals surface area contributed by atoms with Gasteiger partial charge < -0.3 is 5.11 Å². The first-order valence-corrected chi connectivity index (χ1v) is 4.55. The average molecular weight is 233 g/mol. The van der Waals surface area contributed by atoms with Gasteiger partial charge in [-0.3, -0.25) is 9.78 Å². The Morgan fingerprint density at radius 2 is 2.19 bits per heavy atom. The molecule has 3 nitrogen and oxygen atoms in total. The SMILES string of the molecule is C[C@@H](Cc1ccnc(C(F)(F)F)c1)C(=O)O. The summed E-state index contributed by atoms with van der Waals surface area (Å²) in [5.41, 5.74) is -0.681. The number of pyridine rings is 1. The van der Waals surface area contributed by atoms with Crippen LogP contribution in [0.25, 0.3) is 0 Å². The van der Waals surface area contributed by atoms with Gasteiger partial charge in [0.05, 0.1) is 5.92 Å². The molecular formula is C10H10F3NO2. The Labute approximate surface area is 89.9 Å². The topological polar surface area (TPSA) is 50.2 Å². The molecular weight excluding hydrogens is 223 g/mol. The summed E-state index contributed by atoms with van der Waals surface area (Å²) in [4.78, 5) is 13.7. The molecule has 1 atom stereocenters. The zero-order valence-corrected chi connectivity index (χ0v) is 8.45. The molecule has 0 aliphatic rings. The first-order valence-electron chi connectivity index (χ1n) is 4.55. The van der Waals surface area contributed by atoms with Gasteiger partial charge in [0.25, 0.3) is 0 Å². The van der Waals surface area contributed by atoms with Crippen molar-refractivity contribution in [2.45, 2.75) is 19.5 Å². The number of alkyl halides is 3. The minimum absolute atomic E-state index is 0.0565. The number of hydrogen-bond donors (Lipinski definition) is 1. The third-order valence-corrected chi connectivity index (χ3v) is 2.08. The van der Waals surface area contributed by atoms with Gasteiger partial charge in [-0.15, -0.1) is 0 Å². The molecule has 1 rings (SSSR count). The largest absolute Gasteiger partial charge is 0.481 e. The molecule has 0 aromatic carbocycles. The van der Waals surface area contributed by atoms with Crippen LogP contribution >= 0.6 is 0 Å². The number of aliphatic carboxylic acids is 1. The summed E-state index contributed by atoms with van der Waals surface area (Å²) in [5.74, 6) is -1.76. The predicted octanol–water partition coefficient (Wildman–Crippen LogP) is 2.36. The molecule has 1 aromatic heterocycles. The van der Waals surface area contributed by atoms with E-state index in [1.54, 1.807) is 0 Å². The maximum absolute atomic E-state index is 12.3. The van der Waals surface area contributed by atoms with Crippen molar-refractivity contribution >= 4 is 5.97 Å². The van der Waals surface area contributed by atoms with Crippen molar-refractivity contribution in [2.75, 3.05) is 0 Å². The third-order valence-electron chi connectivity index (χ3n) is 2.08. The first-order chi connectivity index (χ1) is 7.30. The lowest BCUT2D eigenvalue weighted by Crippen LogP contribution is -2.14. The van der Waals surface area contributed by atoms with E-state index < -0.39 is 23.8 Å². The number of rotatable bonds is 3. The normalized spacial score (nSPS) is 13.5. The van der Waals surface area contributed by atoms with E-state index in [0.29, 0.717) is 5.56 Å². The molecule has 0 bridgehead atoms. The van der Waals surface area contributed by atoms with E-state index in [2.05, 4.69) is 4.98 Å². The predicted molar refractivity (Wildman–Crippen MR) is 49.7 cm³/mol. The lowest BCUT2D eigenvalue weighted by molar-refractivity contribution is -0.141. The molecule has 1 N–H and O–H groups in total. The molecule has 0 spiro atoms. The van der Waals surface area contributed by atoms with E-state index in [4.69, 9.17) is 5.11 Å². The summed E-state index contributed by atoms with van der Waals surface area (Å²) >= 11 is 0. The van der Waals surface area contributed by atoms with Crippen LogP contribution in [0.5, 0.6) is 0 Å². The molecule has 88 valence electrons. The highest BCUT2D eigenvalue weighted by Gasteiger charge is 2.32. The highest BCUT2D eigenvalue weighted by Crippen LogP contribution is 2.28. The minimum Gasteiger partial charge on any atom is -0.481 e. The third kappa shape index (κ3) is 3.22. The first kappa shape index (κ1) is 12.5. The van der Waals surface area contributed by atoms with Crippen molar-refractivity contribution in [1.82, 2.24) is 4.98 Å². The number of aromatic nitrogens is 1. The second-order valence-corrected chi connectivity index (χ2v) is 3.49. The van der Waals surface area contributed by atoms with Crippen molar-refractivity contribution in [1.29, 1.82) is 0 Å². The van der Waals surface area contributed by atoms with E-state index in [0.717, 1.165) is 12.3 Å². The maximum Gasteiger partial charge on any atom is 0.433 e. The molecule has 0 amide bonds. The number of nitrogens with zero attached hydrogens (tertiary/aromatic N) is 1. The summed E-state index contributed by atoms with van der Waals surface area (Å²) < 4.78 is 36.9. The molecule has 1 heterocycles. The molecule has 16 heavy (non-hydrogen) atoms. The molecule has 0 saturated carbocycles. The quantitative estimate of drug-likeness (QED) is 0.871. The van der Waals surface area contributed by atoms with E-state index in [1.165, 1.54) is 13.0 Å². The Hall–Kier alpha value is -1.59. The lowest BCUT2D eigenvalue weighted by Gasteiger charge is -2.09. The minimum atomic E-state index is -4.50. The van der Waals surface area contributed by atoms with Crippen molar-refractivity contribution in [2.24, 2.45) is 5.92 Å². The van der Waals surface area contributed by atoms with E-state index >= 15 is 0 Å². The van der Waals surface area contributed by atoms with Gasteiger partial charge in [-0.25, -0.2) is 0 Å². The Morgan fingerprint density at radius 3 is 2.69 bits per heavy atom. The second kappa shape index (κ2) is 4.51. The van der Waals surface area contributed by atoms with Gasteiger partial charge >= 0.3 is 12.1 Å². The van der Waals surface area contributed by atoms with Crippen molar-refractivity contribution in [3.05, 3.63) is 29.6 Å². The van der Waals surface area contributed by atoms with E-state index in [-0.39, 0.29) is 6.42 Å². The summed E-state index contributed by atoms with van der Waals surface area (Å²) in [5, 5.41) is 8.63. The van der Waals surface area contributed by atoms with Crippen LogP contribution in [0, 0.1) is 5.92 Å². The van der Waals surface area contributed by atoms with Gasteiger partial charge in [0.1, 0.15) is 5.69 Å². The molecule has 6 heteroatoms. The fourth-order valence-electron chi connectivity index (χ4n) is 1.20. The van der Waals surface area contributed by atoms with E-state index in [1.807, 2.05) is 0 Å². The molecule has 0 unspecified atom stereocenters. The van der Waals surface area contributed by atoms with Crippen LogP contribution in [0.1, 0.15) is 18.2 Å². The van der Waals surface area contributed by atoms with Gasteiger partial charge in [-0.2, -0.15) is 13.2 Å². The molecule has 1 aromatic rings. The molecule has 0 aliphatic carbocycles. The lowest BCUT2D eigenvalue weighted by atomic mass is 10.0. The zero-order chi connectivity index (χ0) is 12.3. The zero-order valence-electron chi connectivity index (χ0n) is 8.45. The van der Waals surface area contributed by atoms with Crippen LogP contribution in [0.4, 0.5) is 13.2 Å². The van der Waals surface area contributed by atoms with Gasteiger partial charge in [0.2, 0.25) is 0 Å². The monoisotopic (exact) mass is 233 g/mol. The molecule has 0 radical (unpaired) electrons. The molecule has 0 aliphatic heterocycles. The van der Waals surface area contributed by atoms with Gasteiger partial charge in [0.15, 0.2) is 0 Å². The number of halogens is 3. The van der Waals surface area contributed by atoms with Crippen LogP contribution in [0.15, 0.2) is 18.3 Å². The highest BCUT2D eigenvalue weighted by atomic mass is 19.4. The van der Waals surface area contributed by atoms with Crippen LogP contribution < -0.4 is 0 Å². The van der Waals surface area contributed by atoms with Crippen molar-refractivity contribution < 1.29 is 23.1 Å². The Bertz CT molecular complexity index is 390. The number of carboxylic acid groups (broad SMARTS) is 1. The summed E-state index contributed by atoms with van der Waals surface area (Å²) in [6.45, 7) is 1.44. The van der Waals surface area contributed by atoms with Crippen LogP contribution in [0.2, 0.25) is 0 Å². The smallest absolute Gasteiger partial charge is 0.433 e. The molecule has 0 fully saturated rings. The Balaban J connectivity index is 2.87. The van der Waals surface area contributed by atoms with Crippen molar-refractivity contribution in [3.8, 4) is 0 Å². The number of carbonyl (C=O) groups is 1. The Morgan fingerprint density at radius 1 is 1.56 bits per heavy atom. The highest BCUT2D eigenvalue weighted by molar-refractivity contribution is 5.69. The summed E-state index contributed by atoms with van der Waals surface area (Å²) in [6.07, 6.45) is -3.41. The Kier molecular flexibility index (Phi) is 3.51. The fourth-order valence-corrected chi connectivity index (χ4v) is 1.20. The van der Waals surface area contributed by atoms with Crippen LogP contribution in [-0.4, -0.2) is 16.1 Å². The van der Waals surface area contributed by atoms with Gasteiger partial charge in [-0.05, 0) is 24.1 Å². The summed E-state index contributed by atoms with van der Waals surface area (Å²) in [7, 11) is 0. The molecule has 0 saturated heterocycles. The van der Waals surface area contributed by atoms with Crippen molar-refractivity contribution in [3.63, 3.8) is 0 Å². The van der Waals surface area contributed by atoms with Crippen LogP contribution in [0.3, 0.4) is 0 Å². The van der Waals surface area contributed by atoms with Crippen LogP contribution in [-0.2, 0) is 17.4 Å². The second-order valence-electron chi connectivity index (χ2n) is 3.49. The number of carboxylic acids is 1. The van der Waals surface area contributed by atoms with Gasteiger partial charge in [0, 0.05) is 6.20 Å². The standard InChI is InChI=1S/C10H10F3NO2/c1-6(9(15)16)4-7-2-3-14-8(5-7)10(11,12)13/h2-3,5-6H,4H2,1H3,(H,15,16)/t6-/m0/s1.